The first-order valence-corrected chi connectivity index (χ1v) is 14.6. The first-order chi connectivity index (χ1) is 20.5. The molecule has 4 aromatic rings. The zero-order chi connectivity index (χ0) is 30.6. The van der Waals surface area contributed by atoms with E-state index < -0.39 is 23.9 Å². The van der Waals surface area contributed by atoms with Crippen LogP contribution in [0.3, 0.4) is 0 Å². The van der Waals surface area contributed by atoms with Gasteiger partial charge in [-0.1, -0.05) is 6.07 Å². The molecule has 1 amide bonds. The van der Waals surface area contributed by atoms with Crippen molar-refractivity contribution in [1.29, 1.82) is 0 Å². The predicted octanol–water partition coefficient (Wildman–Crippen LogP) is 3.31. The molecule has 2 fully saturated rings. The summed E-state index contributed by atoms with van der Waals surface area (Å²) in [6, 6.07) is 6.15. The van der Waals surface area contributed by atoms with Crippen LogP contribution < -0.4 is 11.5 Å². The van der Waals surface area contributed by atoms with Crippen molar-refractivity contribution in [2.45, 2.75) is 71.1 Å². The molecule has 1 aliphatic carbocycles. The number of hydrogen-bond acceptors (Lipinski definition) is 9. The van der Waals surface area contributed by atoms with Gasteiger partial charge in [-0.05, 0) is 99.8 Å². The van der Waals surface area contributed by atoms with E-state index in [0.717, 1.165) is 59.2 Å². The van der Waals surface area contributed by atoms with Gasteiger partial charge < -0.3 is 20.9 Å². The molecule has 4 N–H and O–H groups in total. The highest BCUT2D eigenvalue weighted by Gasteiger charge is 2.48. The van der Waals surface area contributed by atoms with Gasteiger partial charge in [-0.25, -0.2) is 23.7 Å². The number of benzene rings is 1. The number of aryl methyl sites for hydroxylation is 2. The molecule has 12 heteroatoms. The molecular formula is C31H37N7O5. The van der Waals surface area contributed by atoms with E-state index in [0.29, 0.717) is 30.0 Å². The molecule has 4 heterocycles. The van der Waals surface area contributed by atoms with Gasteiger partial charge in [0, 0.05) is 24.1 Å². The number of fused-ring (bicyclic) bond motifs is 2. The van der Waals surface area contributed by atoms with Gasteiger partial charge in [0.1, 0.15) is 11.9 Å². The summed E-state index contributed by atoms with van der Waals surface area (Å²) in [5.74, 6) is -0.575. The molecule has 226 valence electrons. The van der Waals surface area contributed by atoms with E-state index in [1.54, 1.807) is 9.08 Å². The molecule has 0 bridgehead atoms. The number of pyridine rings is 1. The Hall–Kier alpha value is -4.29. The van der Waals surface area contributed by atoms with Crippen LogP contribution >= 0.6 is 0 Å². The van der Waals surface area contributed by atoms with Crippen molar-refractivity contribution < 1.29 is 23.9 Å². The third kappa shape index (κ3) is 5.25. The Balaban J connectivity index is 1.40. The number of nitrogens with two attached hydrogens (primary N) is 2. The molecule has 12 nitrogen and oxygen atoms in total. The minimum absolute atomic E-state index is 0.272. The summed E-state index contributed by atoms with van der Waals surface area (Å²) < 4.78 is 14.3. The minimum Gasteiger partial charge on any atom is -0.424 e. The smallest absolute Gasteiger partial charge is 0.422 e. The highest BCUT2D eigenvalue weighted by Crippen LogP contribution is 2.39. The summed E-state index contributed by atoms with van der Waals surface area (Å²) >= 11 is 0. The van der Waals surface area contributed by atoms with Crippen molar-refractivity contribution in [2.24, 2.45) is 11.5 Å². The number of carbonyl (C=O) groups is 3. The highest BCUT2D eigenvalue weighted by molar-refractivity contribution is 6.00. The van der Waals surface area contributed by atoms with E-state index in [1.165, 1.54) is 18.8 Å². The average Bonchev–Trinajstić information content (AvgIpc) is 3.42. The van der Waals surface area contributed by atoms with E-state index in [1.807, 2.05) is 33.0 Å². The van der Waals surface area contributed by atoms with Gasteiger partial charge in [0.15, 0.2) is 5.65 Å². The number of amides is 1. The SMILES string of the molecule is Cc1c(-c2c(C)c3cc(C4CCN(CC(N)=O)CC4)ccc3n2C(=O)OC(C)OC(=O)C2(N)CC2)cn2ncnc2c1C. The third-order valence-electron chi connectivity index (χ3n) is 8.98. The highest BCUT2D eigenvalue weighted by atomic mass is 16.7. The topological polar surface area (TPSA) is 160 Å². The van der Waals surface area contributed by atoms with Gasteiger partial charge in [-0.3, -0.25) is 9.69 Å². The van der Waals surface area contributed by atoms with Crippen LogP contribution in [0.15, 0.2) is 30.7 Å². The summed E-state index contributed by atoms with van der Waals surface area (Å²) in [5, 5.41) is 5.27. The number of carbonyl (C=O) groups excluding carboxylic acids is 3. The van der Waals surface area contributed by atoms with Crippen molar-refractivity contribution in [3.8, 4) is 11.3 Å². The summed E-state index contributed by atoms with van der Waals surface area (Å²) in [4.78, 5) is 44.1. The van der Waals surface area contributed by atoms with Gasteiger partial charge in [0.05, 0.1) is 17.8 Å². The number of rotatable bonds is 7. The lowest BCUT2D eigenvalue weighted by Gasteiger charge is -2.31. The van der Waals surface area contributed by atoms with Crippen molar-refractivity contribution in [3.63, 3.8) is 0 Å². The van der Waals surface area contributed by atoms with E-state index >= 15 is 0 Å². The van der Waals surface area contributed by atoms with Gasteiger partial charge in [-0.15, -0.1) is 0 Å². The second-order valence-corrected chi connectivity index (χ2v) is 11.9. The largest absolute Gasteiger partial charge is 0.424 e. The first kappa shape index (κ1) is 28.8. The number of esters is 1. The molecule has 0 radical (unpaired) electrons. The van der Waals surface area contributed by atoms with Crippen LogP contribution in [0, 0.1) is 20.8 Å². The van der Waals surface area contributed by atoms with Crippen molar-refractivity contribution in [3.05, 3.63) is 53.0 Å². The number of nitrogens with zero attached hydrogens (tertiary/aromatic N) is 5. The Morgan fingerprint density at radius 2 is 1.79 bits per heavy atom. The van der Waals surface area contributed by atoms with Crippen LogP contribution in [0.5, 0.6) is 0 Å². The third-order valence-corrected chi connectivity index (χ3v) is 8.98. The van der Waals surface area contributed by atoms with Crippen molar-refractivity contribution >= 4 is 34.5 Å². The molecule has 1 unspecified atom stereocenters. The number of aromatic nitrogens is 4. The van der Waals surface area contributed by atoms with E-state index in [4.69, 9.17) is 20.9 Å². The Kier molecular flexibility index (Phi) is 7.21. The average molecular weight is 588 g/mol. The summed E-state index contributed by atoms with van der Waals surface area (Å²) in [7, 11) is 0. The molecule has 1 saturated heterocycles. The Labute approximate surface area is 248 Å². The number of ether oxygens (including phenoxy) is 2. The summed E-state index contributed by atoms with van der Waals surface area (Å²) in [5.41, 5.74) is 17.3. The van der Waals surface area contributed by atoms with Crippen LogP contribution in [0.1, 0.15) is 60.8 Å². The maximum atomic E-state index is 13.9. The maximum absolute atomic E-state index is 13.9. The lowest BCUT2D eigenvalue weighted by molar-refractivity contribution is -0.167. The number of piperidine rings is 1. The van der Waals surface area contributed by atoms with Crippen LogP contribution in [-0.4, -0.2) is 73.5 Å². The molecule has 3 aromatic heterocycles. The first-order valence-electron chi connectivity index (χ1n) is 14.6. The molecule has 6 rings (SSSR count). The van der Waals surface area contributed by atoms with Gasteiger partial charge >= 0.3 is 12.1 Å². The second kappa shape index (κ2) is 10.8. The van der Waals surface area contributed by atoms with Crippen LogP contribution in [0.25, 0.3) is 27.8 Å². The molecular weight excluding hydrogens is 550 g/mol. The van der Waals surface area contributed by atoms with E-state index in [9.17, 15) is 14.4 Å². The molecule has 43 heavy (non-hydrogen) atoms. The quantitative estimate of drug-likeness (QED) is 0.244. The van der Waals surface area contributed by atoms with E-state index in [-0.39, 0.29) is 12.5 Å². The molecule has 1 atom stereocenters. The molecule has 1 aliphatic heterocycles. The van der Waals surface area contributed by atoms with Crippen molar-refractivity contribution in [2.75, 3.05) is 19.6 Å². The zero-order valence-electron chi connectivity index (χ0n) is 24.9. The second-order valence-electron chi connectivity index (χ2n) is 11.9. The van der Waals surface area contributed by atoms with E-state index in [2.05, 4.69) is 27.1 Å². The van der Waals surface area contributed by atoms with Gasteiger partial charge in [0.2, 0.25) is 12.2 Å². The number of likely N-dealkylation sites (tertiary alicyclic amines) is 1. The normalized spacial score (nSPS) is 17.7. The Bertz CT molecular complexity index is 1760. The number of primary amides is 1. The summed E-state index contributed by atoms with van der Waals surface area (Å²) in [6.45, 7) is 9.34. The maximum Gasteiger partial charge on any atom is 0.422 e. The van der Waals surface area contributed by atoms with Crippen LogP contribution in [0.2, 0.25) is 0 Å². The molecule has 0 spiro atoms. The fraction of sp³-hybridized carbons (Fsp3) is 0.452. The Morgan fingerprint density at radius 1 is 1.07 bits per heavy atom. The lowest BCUT2D eigenvalue weighted by Crippen LogP contribution is -2.39. The monoisotopic (exact) mass is 587 g/mol. The fourth-order valence-electron chi connectivity index (χ4n) is 6.14. The fourth-order valence-corrected chi connectivity index (χ4v) is 6.14. The van der Waals surface area contributed by atoms with Crippen molar-refractivity contribution in [1.82, 2.24) is 24.1 Å². The molecule has 1 aromatic carbocycles. The summed E-state index contributed by atoms with van der Waals surface area (Å²) in [6.07, 6.45) is 4.49. The van der Waals surface area contributed by atoms with Crippen LogP contribution in [-0.2, 0) is 19.1 Å². The van der Waals surface area contributed by atoms with Gasteiger partial charge in [-0.2, -0.15) is 5.10 Å². The zero-order valence-corrected chi connectivity index (χ0v) is 24.9. The standard InChI is InChI=1S/C31H37N7O5/c1-17-18(2)28-34-16-35-37(28)14-24(17)27-19(3)23-13-22(21-7-11-36(12-8-21)15-26(32)39)5-6-25(23)38(27)30(41)43-20(4)42-29(40)31(33)9-10-31/h5-6,13-14,16,20-21H,7-12,15,33H2,1-4H3,(H2,32,39). The number of hydrogen-bond donors (Lipinski definition) is 2. The lowest BCUT2D eigenvalue weighted by atomic mass is 9.88. The molecule has 2 aliphatic rings. The Morgan fingerprint density at radius 3 is 2.47 bits per heavy atom. The predicted molar refractivity (Wildman–Crippen MR) is 159 cm³/mol. The minimum atomic E-state index is -1.13. The van der Waals surface area contributed by atoms with Crippen LogP contribution in [0.4, 0.5) is 4.79 Å². The molecule has 1 saturated carbocycles. The van der Waals surface area contributed by atoms with Gasteiger partial charge in [0.25, 0.3) is 0 Å².